The van der Waals surface area contributed by atoms with Crippen molar-refractivity contribution in [3.05, 3.63) is 35.9 Å². The standard InChI is InChI=1S/C14H14F2N2O/c1-19-12-10(13(8-17)7-14(13,15)16)6-9-4-2-3-5-11(9)18-12/h2-6H,7-8,17H2,1H3. The third kappa shape index (κ3) is 1.61. The van der Waals surface area contributed by atoms with Crippen molar-refractivity contribution in [3.8, 4) is 5.88 Å². The van der Waals surface area contributed by atoms with E-state index < -0.39 is 11.3 Å². The van der Waals surface area contributed by atoms with Crippen molar-refractivity contribution in [3.63, 3.8) is 0 Å². The lowest BCUT2D eigenvalue weighted by Gasteiger charge is -2.17. The normalized spacial score (nSPS) is 24.4. The van der Waals surface area contributed by atoms with Gasteiger partial charge in [-0.25, -0.2) is 13.8 Å². The minimum Gasteiger partial charge on any atom is -0.481 e. The molecule has 0 saturated heterocycles. The molecule has 5 heteroatoms. The maximum atomic E-state index is 13.7. The van der Waals surface area contributed by atoms with Crippen molar-refractivity contribution in [2.75, 3.05) is 13.7 Å². The van der Waals surface area contributed by atoms with E-state index in [2.05, 4.69) is 4.98 Å². The molecule has 1 aliphatic rings. The van der Waals surface area contributed by atoms with Crippen molar-refractivity contribution in [1.82, 2.24) is 4.98 Å². The zero-order valence-electron chi connectivity index (χ0n) is 10.5. The van der Waals surface area contributed by atoms with Gasteiger partial charge in [-0.2, -0.15) is 0 Å². The van der Waals surface area contributed by atoms with Crippen LogP contribution in [0.3, 0.4) is 0 Å². The van der Waals surface area contributed by atoms with Crippen molar-refractivity contribution in [2.45, 2.75) is 17.8 Å². The van der Waals surface area contributed by atoms with Crippen LogP contribution in [0.2, 0.25) is 0 Å². The molecule has 19 heavy (non-hydrogen) atoms. The first kappa shape index (κ1) is 12.3. The highest BCUT2D eigenvalue weighted by atomic mass is 19.3. The molecule has 1 saturated carbocycles. The topological polar surface area (TPSA) is 48.1 Å². The third-order valence-corrected chi connectivity index (χ3v) is 3.85. The molecule has 0 radical (unpaired) electrons. The minimum atomic E-state index is -2.78. The lowest BCUT2D eigenvalue weighted by Crippen LogP contribution is -2.27. The summed E-state index contributed by atoms with van der Waals surface area (Å²) in [6.07, 6.45) is -0.243. The molecular weight excluding hydrogens is 250 g/mol. The van der Waals surface area contributed by atoms with Gasteiger partial charge in [0.2, 0.25) is 5.88 Å². The first-order valence-corrected chi connectivity index (χ1v) is 6.06. The summed E-state index contributed by atoms with van der Waals surface area (Å²) in [5.74, 6) is -2.54. The zero-order valence-corrected chi connectivity index (χ0v) is 10.5. The number of hydrogen-bond acceptors (Lipinski definition) is 3. The Morgan fingerprint density at radius 1 is 1.37 bits per heavy atom. The number of rotatable bonds is 3. The van der Waals surface area contributed by atoms with Crippen LogP contribution in [0.4, 0.5) is 8.78 Å². The highest BCUT2D eigenvalue weighted by molar-refractivity contribution is 5.80. The summed E-state index contributed by atoms with van der Waals surface area (Å²) in [6, 6.07) is 9.08. The summed E-state index contributed by atoms with van der Waals surface area (Å²) < 4.78 is 32.6. The summed E-state index contributed by atoms with van der Waals surface area (Å²) in [6.45, 7) is -0.115. The van der Waals surface area contributed by atoms with E-state index in [1.54, 1.807) is 6.07 Å². The van der Waals surface area contributed by atoms with E-state index in [1.807, 2.05) is 24.3 Å². The SMILES string of the molecule is COc1nc2ccccc2cc1C1(CN)CC1(F)F. The fourth-order valence-corrected chi connectivity index (χ4v) is 2.56. The van der Waals surface area contributed by atoms with Crippen LogP contribution in [-0.2, 0) is 5.41 Å². The van der Waals surface area contributed by atoms with E-state index in [4.69, 9.17) is 10.5 Å². The lowest BCUT2D eigenvalue weighted by molar-refractivity contribution is 0.0888. The molecular formula is C14H14F2N2O. The number of aromatic nitrogens is 1. The van der Waals surface area contributed by atoms with Crippen LogP contribution in [-0.4, -0.2) is 24.6 Å². The molecule has 1 atom stereocenters. The number of halogens is 2. The number of alkyl halides is 2. The van der Waals surface area contributed by atoms with E-state index in [0.29, 0.717) is 5.56 Å². The fourth-order valence-electron chi connectivity index (χ4n) is 2.56. The number of nitrogens with zero attached hydrogens (tertiary/aromatic N) is 1. The number of nitrogens with two attached hydrogens (primary N) is 1. The molecule has 100 valence electrons. The first-order chi connectivity index (χ1) is 9.04. The second-order valence-electron chi connectivity index (χ2n) is 4.91. The maximum absolute atomic E-state index is 13.7. The van der Waals surface area contributed by atoms with Crippen LogP contribution in [0.25, 0.3) is 10.9 Å². The highest BCUT2D eigenvalue weighted by Gasteiger charge is 2.72. The molecule has 1 aliphatic carbocycles. The van der Waals surface area contributed by atoms with Crippen molar-refractivity contribution < 1.29 is 13.5 Å². The fraction of sp³-hybridized carbons (Fsp3) is 0.357. The van der Waals surface area contributed by atoms with Gasteiger partial charge in [0.25, 0.3) is 5.92 Å². The van der Waals surface area contributed by atoms with E-state index in [-0.39, 0.29) is 18.8 Å². The highest BCUT2D eigenvalue weighted by Crippen LogP contribution is 2.62. The Bertz CT molecular complexity index is 644. The largest absolute Gasteiger partial charge is 0.481 e. The van der Waals surface area contributed by atoms with Crippen LogP contribution < -0.4 is 10.5 Å². The average molecular weight is 264 g/mol. The van der Waals surface area contributed by atoms with E-state index in [1.165, 1.54) is 7.11 Å². The Hall–Kier alpha value is -1.75. The molecule has 3 rings (SSSR count). The summed E-state index contributed by atoms with van der Waals surface area (Å²) in [7, 11) is 1.44. The van der Waals surface area contributed by atoms with Crippen molar-refractivity contribution in [2.24, 2.45) is 5.73 Å². The smallest absolute Gasteiger partial charge is 0.260 e. The van der Waals surface area contributed by atoms with Gasteiger partial charge in [0.05, 0.1) is 18.0 Å². The Morgan fingerprint density at radius 2 is 2.05 bits per heavy atom. The Balaban J connectivity index is 2.23. The van der Waals surface area contributed by atoms with Crippen molar-refractivity contribution >= 4 is 10.9 Å². The lowest BCUT2D eigenvalue weighted by atomic mass is 9.95. The van der Waals surface area contributed by atoms with Crippen LogP contribution in [0, 0.1) is 0 Å². The average Bonchev–Trinajstić information content (AvgIpc) is 3.00. The molecule has 1 heterocycles. The Morgan fingerprint density at radius 3 is 2.63 bits per heavy atom. The number of pyridine rings is 1. The minimum absolute atomic E-state index is 0.115. The third-order valence-electron chi connectivity index (χ3n) is 3.85. The van der Waals surface area contributed by atoms with Gasteiger partial charge in [0, 0.05) is 23.9 Å². The van der Waals surface area contributed by atoms with Gasteiger partial charge in [-0.3, -0.25) is 0 Å². The molecule has 0 bridgehead atoms. The molecule has 1 aromatic heterocycles. The van der Waals surface area contributed by atoms with Gasteiger partial charge in [-0.05, 0) is 12.1 Å². The monoisotopic (exact) mass is 264 g/mol. The van der Waals surface area contributed by atoms with Gasteiger partial charge in [0.15, 0.2) is 0 Å². The number of benzene rings is 1. The quantitative estimate of drug-likeness (QED) is 0.926. The summed E-state index contributed by atoms with van der Waals surface area (Å²) in [5, 5.41) is 0.814. The maximum Gasteiger partial charge on any atom is 0.260 e. The number of methoxy groups -OCH3 is 1. The number of fused-ring (bicyclic) bond motifs is 1. The molecule has 0 aliphatic heterocycles. The molecule has 0 spiro atoms. The Labute approximate surface area is 109 Å². The second kappa shape index (κ2) is 3.87. The van der Waals surface area contributed by atoms with E-state index in [9.17, 15) is 8.78 Å². The Kier molecular flexibility index (Phi) is 2.50. The van der Waals surface area contributed by atoms with Crippen LogP contribution in [0.15, 0.2) is 30.3 Å². The van der Waals surface area contributed by atoms with Gasteiger partial charge in [-0.1, -0.05) is 18.2 Å². The number of para-hydroxylation sites is 1. The van der Waals surface area contributed by atoms with Gasteiger partial charge in [-0.15, -0.1) is 0 Å². The molecule has 1 fully saturated rings. The molecule has 2 aromatic rings. The second-order valence-corrected chi connectivity index (χ2v) is 4.91. The van der Waals surface area contributed by atoms with E-state index in [0.717, 1.165) is 10.9 Å². The number of ether oxygens (including phenoxy) is 1. The molecule has 0 amide bonds. The van der Waals surface area contributed by atoms with Gasteiger partial charge in [0.1, 0.15) is 0 Å². The molecule has 2 N–H and O–H groups in total. The molecule has 1 aromatic carbocycles. The molecule has 3 nitrogen and oxygen atoms in total. The van der Waals surface area contributed by atoms with E-state index >= 15 is 0 Å². The van der Waals surface area contributed by atoms with Crippen LogP contribution >= 0.6 is 0 Å². The predicted molar refractivity (Wildman–Crippen MR) is 68.6 cm³/mol. The van der Waals surface area contributed by atoms with Crippen molar-refractivity contribution in [1.29, 1.82) is 0 Å². The predicted octanol–water partition coefficient (Wildman–Crippen LogP) is 2.48. The van der Waals surface area contributed by atoms with Gasteiger partial charge < -0.3 is 10.5 Å². The van der Waals surface area contributed by atoms with Gasteiger partial charge >= 0.3 is 0 Å². The summed E-state index contributed by atoms with van der Waals surface area (Å²) >= 11 is 0. The zero-order chi connectivity index (χ0) is 13.7. The van der Waals surface area contributed by atoms with Crippen LogP contribution in [0.1, 0.15) is 12.0 Å². The number of hydrogen-bond donors (Lipinski definition) is 1. The first-order valence-electron chi connectivity index (χ1n) is 6.06. The van der Waals surface area contributed by atoms with Crippen LogP contribution in [0.5, 0.6) is 5.88 Å². The summed E-state index contributed by atoms with van der Waals surface area (Å²) in [4.78, 5) is 4.30. The molecule has 1 unspecified atom stereocenters. The summed E-state index contributed by atoms with van der Waals surface area (Å²) in [5.41, 5.74) is 5.38.